The summed E-state index contributed by atoms with van der Waals surface area (Å²) in [7, 11) is -3.82. The van der Waals surface area contributed by atoms with E-state index < -0.39 is 27.4 Å². The molecule has 2 aliphatic rings. The van der Waals surface area contributed by atoms with Gasteiger partial charge in [-0.05, 0) is 75.9 Å². The number of carbonyl (C=O) groups is 1. The Morgan fingerprint density at radius 1 is 1.09 bits per heavy atom. The molecule has 35 heavy (non-hydrogen) atoms. The number of carbonyl (C=O) groups excluding carboxylic acids is 1. The number of nitrogens with two attached hydrogens (primary N) is 1. The van der Waals surface area contributed by atoms with E-state index in [1.807, 2.05) is 0 Å². The van der Waals surface area contributed by atoms with Gasteiger partial charge in [0.25, 0.3) is 5.91 Å². The van der Waals surface area contributed by atoms with Crippen LogP contribution >= 0.6 is 0 Å². The smallest absolute Gasteiger partial charge is 0.416 e. The summed E-state index contributed by atoms with van der Waals surface area (Å²) in [5.41, 5.74) is -2.08. The molecule has 1 amide bonds. The largest absolute Gasteiger partial charge is 0.478 e. The zero-order valence-corrected chi connectivity index (χ0v) is 20.1. The van der Waals surface area contributed by atoms with Crippen LogP contribution < -0.4 is 20.1 Å². The molecule has 2 saturated heterocycles. The molecule has 3 heterocycles. The Hall–Kier alpha value is -2.86. The number of amides is 1. The van der Waals surface area contributed by atoms with Gasteiger partial charge in [-0.2, -0.15) is 13.2 Å². The summed E-state index contributed by atoms with van der Waals surface area (Å²) in [6, 6.07) is 7.47. The molecule has 3 atom stereocenters. The first kappa shape index (κ1) is 25.2. The van der Waals surface area contributed by atoms with Crippen LogP contribution in [0.1, 0.15) is 45.1 Å². The van der Waals surface area contributed by atoms with Crippen LogP contribution in [-0.2, 0) is 21.0 Å². The average Bonchev–Trinajstić information content (AvgIpc) is 3.03. The first-order valence-corrected chi connectivity index (χ1v) is 12.7. The normalized spacial score (nSPS) is 22.7. The summed E-state index contributed by atoms with van der Waals surface area (Å²) in [6.07, 6.45) is -0.00492. The lowest BCUT2D eigenvalue weighted by Gasteiger charge is -2.40. The number of anilines is 1. The van der Waals surface area contributed by atoms with Crippen molar-refractivity contribution < 1.29 is 31.1 Å². The molecule has 0 spiro atoms. The van der Waals surface area contributed by atoms with E-state index in [1.165, 1.54) is 24.4 Å². The van der Waals surface area contributed by atoms with Gasteiger partial charge in [-0.3, -0.25) is 4.79 Å². The van der Waals surface area contributed by atoms with Crippen molar-refractivity contribution in [2.24, 2.45) is 5.14 Å². The van der Waals surface area contributed by atoms with Gasteiger partial charge < -0.3 is 15.0 Å². The molecular weight excluding hydrogens is 485 g/mol. The second-order valence-electron chi connectivity index (χ2n) is 9.47. The highest BCUT2D eigenvalue weighted by Crippen LogP contribution is 2.39. The third-order valence-electron chi connectivity index (χ3n) is 6.48. The molecule has 190 valence electrons. The quantitative estimate of drug-likeness (QED) is 0.614. The molecule has 12 heteroatoms. The Morgan fingerprint density at radius 2 is 1.69 bits per heavy atom. The van der Waals surface area contributed by atoms with E-state index in [9.17, 15) is 26.4 Å². The minimum atomic E-state index is -4.45. The molecule has 0 radical (unpaired) electrons. The van der Waals surface area contributed by atoms with Gasteiger partial charge >= 0.3 is 6.18 Å². The number of hydrogen-bond donors (Lipinski definition) is 2. The summed E-state index contributed by atoms with van der Waals surface area (Å²) < 4.78 is 67.0. The molecular formula is C23H27F3N4O4S. The van der Waals surface area contributed by atoms with Crippen molar-refractivity contribution >= 4 is 21.7 Å². The van der Waals surface area contributed by atoms with Crippen molar-refractivity contribution in [3.8, 4) is 5.75 Å². The molecule has 0 aliphatic carbocycles. The summed E-state index contributed by atoms with van der Waals surface area (Å²) in [4.78, 5) is 19.4. The number of nitrogens with zero attached hydrogens (tertiary/aromatic N) is 2. The third-order valence-corrected chi connectivity index (χ3v) is 7.38. The average molecular weight is 513 g/mol. The van der Waals surface area contributed by atoms with Crippen molar-refractivity contribution in [3.63, 3.8) is 0 Å². The van der Waals surface area contributed by atoms with Crippen molar-refractivity contribution in [3.05, 3.63) is 48.2 Å². The third kappa shape index (κ3) is 5.53. The first-order valence-electron chi connectivity index (χ1n) is 11.2. The molecule has 1 unspecified atom stereocenters. The molecule has 3 N–H and O–H groups in total. The lowest BCUT2D eigenvalue weighted by atomic mass is 9.96. The van der Waals surface area contributed by atoms with Crippen LogP contribution in [0.4, 0.5) is 19.0 Å². The van der Waals surface area contributed by atoms with E-state index >= 15 is 0 Å². The minimum Gasteiger partial charge on any atom is -0.478 e. The first-order chi connectivity index (χ1) is 16.2. The number of alkyl halides is 3. The Labute approximate surface area is 201 Å². The van der Waals surface area contributed by atoms with Crippen molar-refractivity contribution in [1.82, 2.24) is 10.3 Å². The number of piperidine rings is 1. The van der Waals surface area contributed by atoms with E-state index in [4.69, 9.17) is 9.88 Å². The Bertz CT molecular complexity index is 1170. The fraction of sp³-hybridized carbons (Fsp3) is 0.478. The Balaban J connectivity index is 1.38. The van der Waals surface area contributed by atoms with Crippen LogP contribution in [0.3, 0.4) is 0 Å². The molecule has 2 fully saturated rings. The maximum atomic E-state index is 13.0. The number of benzene rings is 1. The monoisotopic (exact) mass is 512 g/mol. The van der Waals surface area contributed by atoms with Crippen LogP contribution in [0, 0.1) is 0 Å². The zero-order valence-electron chi connectivity index (χ0n) is 19.2. The second kappa shape index (κ2) is 8.98. The van der Waals surface area contributed by atoms with Gasteiger partial charge in [-0.15, -0.1) is 0 Å². The molecule has 8 nitrogen and oxygen atoms in total. The van der Waals surface area contributed by atoms with Crippen LogP contribution in [-0.4, -0.2) is 43.0 Å². The maximum Gasteiger partial charge on any atom is 0.416 e. The molecule has 2 aromatic rings. The number of pyridine rings is 1. The van der Waals surface area contributed by atoms with E-state index in [1.54, 1.807) is 19.9 Å². The highest BCUT2D eigenvalue weighted by atomic mass is 32.2. The number of rotatable bonds is 6. The second-order valence-corrected chi connectivity index (χ2v) is 11.0. The number of ether oxygens (including phenoxy) is 1. The van der Waals surface area contributed by atoms with E-state index in [-0.39, 0.29) is 34.7 Å². The van der Waals surface area contributed by atoms with Gasteiger partial charge in [0, 0.05) is 24.3 Å². The number of halogens is 3. The summed E-state index contributed by atoms with van der Waals surface area (Å²) in [6.45, 7) is 3.14. The van der Waals surface area contributed by atoms with Crippen molar-refractivity contribution in [2.45, 2.75) is 74.3 Å². The van der Waals surface area contributed by atoms with Crippen LogP contribution in [0.25, 0.3) is 0 Å². The number of aromatic nitrogens is 1. The summed E-state index contributed by atoms with van der Waals surface area (Å²) in [5.74, 6) is 0.480. The molecule has 2 bridgehead atoms. The summed E-state index contributed by atoms with van der Waals surface area (Å²) >= 11 is 0. The lowest BCUT2D eigenvalue weighted by molar-refractivity contribution is -0.138. The predicted octanol–water partition coefficient (Wildman–Crippen LogP) is 3.22. The lowest BCUT2D eigenvalue weighted by Crippen LogP contribution is -2.55. The number of fused-ring (bicyclic) bond motifs is 2. The maximum absolute atomic E-state index is 13.0. The van der Waals surface area contributed by atoms with E-state index in [2.05, 4.69) is 15.2 Å². The van der Waals surface area contributed by atoms with Crippen molar-refractivity contribution in [2.75, 3.05) is 4.90 Å². The molecule has 0 saturated carbocycles. The van der Waals surface area contributed by atoms with Gasteiger partial charge in [-0.1, -0.05) is 0 Å². The molecule has 2 aliphatic heterocycles. The highest BCUT2D eigenvalue weighted by Gasteiger charge is 2.43. The van der Waals surface area contributed by atoms with Gasteiger partial charge in [0.05, 0.1) is 5.56 Å². The Kier molecular flexibility index (Phi) is 6.47. The fourth-order valence-corrected chi connectivity index (χ4v) is 5.23. The van der Waals surface area contributed by atoms with Crippen molar-refractivity contribution in [1.29, 1.82) is 0 Å². The van der Waals surface area contributed by atoms with E-state index in [0.717, 1.165) is 25.0 Å². The SMILES string of the molecule is CC(C)(Oc1ccc(C(F)(F)F)cc1)C(=O)NC1C[C@H]2CC[C@@H](C1)N2c1ccc(S(N)(=O)=O)cn1. The number of nitrogens with one attached hydrogen (secondary N) is 1. The minimum absolute atomic E-state index is 0.0500. The van der Waals surface area contributed by atoms with Gasteiger partial charge in [-0.25, -0.2) is 18.5 Å². The molecule has 1 aromatic carbocycles. The highest BCUT2D eigenvalue weighted by molar-refractivity contribution is 7.89. The van der Waals surface area contributed by atoms with Crippen LogP contribution in [0.15, 0.2) is 47.5 Å². The van der Waals surface area contributed by atoms with Crippen LogP contribution in [0.5, 0.6) is 5.75 Å². The zero-order chi connectivity index (χ0) is 25.6. The molecule has 1 aromatic heterocycles. The fourth-order valence-electron chi connectivity index (χ4n) is 4.77. The topological polar surface area (TPSA) is 115 Å². The number of primary sulfonamides is 1. The van der Waals surface area contributed by atoms with Gasteiger partial charge in [0.2, 0.25) is 10.0 Å². The molecule has 4 rings (SSSR count). The van der Waals surface area contributed by atoms with Gasteiger partial charge in [0.1, 0.15) is 16.5 Å². The number of sulfonamides is 1. The van der Waals surface area contributed by atoms with Gasteiger partial charge in [0.15, 0.2) is 5.60 Å². The predicted molar refractivity (Wildman–Crippen MR) is 122 cm³/mol. The van der Waals surface area contributed by atoms with Crippen LogP contribution in [0.2, 0.25) is 0 Å². The standard InChI is InChI=1S/C23H27F3N4O4S/c1-22(2,34-18-7-3-14(4-8-18)23(24,25)26)21(31)29-15-11-16-5-6-17(12-15)30(16)20-10-9-19(13-28-20)35(27,32)33/h3-4,7-10,13,15-17H,5-6,11-12H2,1-2H3,(H,29,31)(H2,27,32,33)/t15?,16-,17+. The summed E-state index contributed by atoms with van der Waals surface area (Å²) in [5, 5.41) is 8.18. The number of hydrogen-bond acceptors (Lipinski definition) is 6. The Morgan fingerprint density at radius 3 is 2.17 bits per heavy atom. The van der Waals surface area contributed by atoms with E-state index in [0.29, 0.717) is 18.7 Å².